The van der Waals surface area contributed by atoms with E-state index in [0.717, 1.165) is 18.5 Å². The van der Waals surface area contributed by atoms with Crippen molar-refractivity contribution in [2.24, 2.45) is 5.41 Å². The van der Waals surface area contributed by atoms with Crippen molar-refractivity contribution in [2.75, 3.05) is 6.54 Å². The van der Waals surface area contributed by atoms with Crippen LogP contribution in [0.3, 0.4) is 0 Å². The Morgan fingerprint density at radius 1 is 1.35 bits per heavy atom. The molecule has 0 bridgehead atoms. The minimum absolute atomic E-state index is 0.446. The van der Waals surface area contributed by atoms with Crippen molar-refractivity contribution in [1.29, 1.82) is 0 Å². The van der Waals surface area contributed by atoms with Crippen molar-refractivity contribution < 1.29 is 0 Å². The van der Waals surface area contributed by atoms with Gasteiger partial charge in [-0.1, -0.05) is 49.2 Å². The molecule has 1 atom stereocenters. The van der Waals surface area contributed by atoms with Gasteiger partial charge in [-0.25, -0.2) is 0 Å². The Kier molecular flexibility index (Phi) is 4.02. The minimum Gasteiger partial charge on any atom is -0.313 e. The summed E-state index contributed by atoms with van der Waals surface area (Å²) in [6.45, 7) is 5.50. The zero-order valence-corrected chi connectivity index (χ0v) is 11.9. The van der Waals surface area contributed by atoms with Gasteiger partial charge in [0.15, 0.2) is 0 Å². The largest absolute Gasteiger partial charge is 0.313 e. The Morgan fingerprint density at radius 3 is 2.65 bits per heavy atom. The van der Waals surface area contributed by atoms with E-state index in [1.165, 1.54) is 12.8 Å². The van der Waals surface area contributed by atoms with E-state index in [2.05, 4.69) is 25.2 Å². The molecule has 0 amide bonds. The van der Waals surface area contributed by atoms with Gasteiger partial charge in [0.1, 0.15) is 0 Å². The second kappa shape index (κ2) is 5.17. The van der Waals surface area contributed by atoms with Gasteiger partial charge in [0.2, 0.25) is 0 Å². The predicted octanol–water partition coefficient (Wildman–Crippen LogP) is 4.31. The second-order valence-corrected chi connectivity index (χ2v) is 5.97. The summed E-state index contributed by atoms with van der Waals surface area (Å²) in [5, 5.41) is 4.94. The van der Waals surface area contributed by atoms with Crippen LogP contribution in [0.2, 0.25) is 10.0 Å². The number of hydrogen-bond acceptors (Lipinski definition) is 1. The molecule has 1 aromatic carbocycles. The fraction of sp³-hybridized carbons (Fsp3) is 0.571. The predicted molar refractivity (Wildman–Crippen MR) is 75.0 cm³/mol. The monoisotopic (exact) mass is 271 g/mol. The van der Waals surface area contributed by atoms with Crippen molar-refractivity contribution in [2.45, 2.75) is 39.2 Å². The Bertz CT molecular complexity index is 399. The van der Waals surface area contributed by atoms with Gasteiger partial charge in [-0.05, 0) is 42.9 Å². The van der Waals surface area contributed by atoms with Crippen LogP contribution in [0.15, 0.2) is 18.2 Å². The fourth-order valence-corrected chi connectivity index (χ4v) is 2.68. The van der Waals surface area contributed by atoms with E-state index in [1.54, 1.807) is 0 Å². The Balaban J connectivity index is 2.14. The van der Waals surface area contributed by atoms with Crippen molar-refractivity contribution in [3.8, 4) is 0 Å². The molecule has 3 heteroatoms. The highest BCUT2D eigenvalue weighted by atomic mass is 35.5. The lowest BCUT2D eigenvalue weighted by molar-refractivity contribution is 0.360. The smallest absolute Gasteiger partial charge is 0.0624 e. The number of benzene rings is 1. The van der Waals surface area contributed by atoms with Gasteiger partial charge >= 0.3 is 0 Å². The molecule has 1 N–H and O–H groups in total. The SMILES string of the molecule is CCNC(Cc1cccc(Cl)c1Cl)C1(C)CC1. The van der Waals surface area contributed by atoms with Crippen molar-refractivity contribution >= 4 is 23.2 Å². The van der Waals surface area contributed by atoms with Crippen LogP contribution in [0, 0.1) is 5.41 Å². The number of halogens is 2. The van der Waals surface area contributed by atoms with E-state index in [0.29, 0.717) is 21.5 Å². The van der Waals surface area contributed by atoms with Crippen LogP contribution < -0.4 is 5.32 Å². The molecule has 0 radical (unpaired) electrons. The molecule has 1 fully saturated rings. The second-order valence-electron chi connectivity index (χ2n) is 5.18. The van der Waals surface area contributed by atoms with E-state index in [9.17, 15) is 0 Å². The lowest BCUT2D eigenvalue weighted by atomic mass is 9.92. The summed E-state index contributed by atoms with van der Waals surface area (Å²) >= 11 is 12.3. The molecular formula is C14H19Cl2N. The number of rotatable bonds is 5. The Morgan fingerprint density at radius 2 is 2.06 bits per heavy atom. The average molecular weight is 272 g/mol. The van der Waals surface area contributed by atoms with Crippen molar-refractivity contribution in [1.82, 2.24) is 5.32 Å². The Labute approximate surface area is 114 Å². The quantitative estimate of drug-likeness (QED) is 0.842. The average Bonchev–Trinajstić information content (AvgIpc) is 3.03. The van der Waals surface area contributed by atoms with Crippen molar-refractivity contribution in [3.63, 3.8) is 0 Å². The number of likely N-dealkylation sites (N-methyl/N-ethyl adjacent to an activating group) is 1. The normalized spacial score (nSPS) is 19.1. The molecule has 0 aliphatic heterocycles. The summed E-state index contributed by atoms with van der Waals surface area (Å²) in [6, 6.07) is 6.39. The van der Waals surface area contributed by atoms with E-state index in [-0.39, 0.29) is 0 Å². The molecule has 1 saturated carbocycles. The molecule has 94 valence electrons. The van der Waals surface area contributed by atoms with Crippen LogP contribution in [0.1, 0.15) is 32.3 Å². The van der Waals surface area contributed by atoms with E-state index >= 15 is 0 Å². The molecular weight excluding hydrogens is 253 g/mol. The van der Waals surface area contributed by atoms with E-state index < -0.39 is 0 Å². The van der Waals surface area contributed by atoms with E-state index in [4.69, 9.17) is 23.2 Å². The van der Waals surface area contributed by atoms with Gasteiger partial charge < -0.3 is 5.32 Å². The fourth-order valence-electron chi connectivity index (χ4n) is 2.28. The molecule has 1 unspecified atom stereocenters. The summed E-state index contributed by atoms with van der Waals surface area (Å²) in [5.74, 6) is 0. The lowest BCUT2D eigenvalue weighted by Gasteiger charge is -2.25. The van der Waals surface area contributed by atoms with Crippen LogP contribution in [-0.4, -0.2) is 12.6 Å². The Hall–Kier alpha value is -0.240. The molecule has 0 saturated heterocycles. The maximum Gasteiger partial charge on any atom is 0.0624 e. The summed E-state index contributed by atoms with van der Waals surface area (Å²) in [7, 11) is 0. The summed E-state index contributed by atoms with van der Waals surface area (Å²) < 4.78 is 0. The van der Waals surface area contributed by atoms with Gasteiger partial charge in [0.25, 0.3) is 0 Å². The first-order valence-electron chi connectivity index (χ1n) is 6.23. The van der Waals surface area contributed by atoms with Gasteiger partial charge in [0.05, 0.1) is 10.0 Å². The number of hydrogen-bond donors (Lipinski definition) is 1. The standard InChI is InChI=1S/C14H19Cl2N/c1-3-17-12(14(2)7-8-14)9-10-5-4-6-11(15)13(10)16/h4-6,12,17H,3,7-9H2,1-2H3. The van der Waals surface area contributed by atoms with Gasteiger partial charge in [-0.15, -0.1) is 0 Å². The first-order valence-corrected chi connectivity index (χ1v) is 6.98. The lowest BCUT2D eigenvalue weighted by Crippen LogP contribution is -2.38. The first-order chi connectivity index (χ1) is 8.07. The highest BCUT2D eigenvalue weighted by Crippen LogP contribution is 2.49. The summed E-state index contributed by atoms with van der Waals surface area (Å²) in [4.78, 5) is 0. The van der Waals surface area contributed by atoms with Crippen LogP contribution >= 0.6 is 23.2 Å². The molecule has 0 spiro atoms. The van der Waals surface area contributed by atoms with Gasteiger partial charge in [-0.2, -0.15) is 0 Å². The van der Waals surface area contributed by atoms with Crippen LogP contribution in [0.4, 0.5) is 0 Å². The highest BCUT2D eigenvalue weighted by Gasteiger charge is 2.44. The molecule has 0 aromatic heterocycles. The molecule has 2 rings (SSSR count). The first kappa shape index (κ1) is 13.2. The van der Waals surface area contributed by atoms with Crippen LogP contribution in [0.25, 0.3) is 0 Å². The zero-order chi connectivity index (χ0) is 12.5. The molecule has 17 heavy (non-hydrogen) atoms. The third-order valence-electron chi connectivity index (χ3n) is 3.79. The third kappa shape index (κ3) is 2.96. The molecule has 0 heterocycles. The highest BCUT2D eigenvalue weighted by molar-refractivity contribution is 6.42. The topological polar surface area (TPSA) is 12.0 Å². The van der Waals surface area contributed by atoms with Gasteiger partial charge in [0, 0.05) is 6.04 Å². The summed E-state index contributed by atoms with van der Waals surface area (Å²) in [5.41, 5.74) is 1.60. The maximum absolute atomic E-state index is 6.25. The molecule has 1 aromatic rings. The third-order valence-corrected chi connectivity index (χ3v) is 4.64. The maximum atomic E-state index is 6.25. The van der Waals surface area contributed by atoms with Crippen molar-refractivity contribution in [3.05, 3.63) is 33.8 Å². The minimum atomic E-state index is 0.446. The van der Waals surface area contributed by atoms with E-state index in [1.807, 2.05) is 12.1 Å². The molecule has 1 aliphatic rings. The molecule has 1 aliphatic carbocycles. The zero-order valence-electron chi connectivity index (χ0n) is 10.4. The summed E-state index contributed by atoms with van der Waals surface area (Å²) in [6.07, 6.45) is 3.58. The molecule has 1 nitrogen and oxygen atoms in total. The number of nitrogens with one attached hydrogen (secondary N) is 1. The van der Waals surface area contributed by atoms with Crippen LogP contribution in [0.5, 0.6) is 0 Å². The van der Waals surface area contributed by atoms with Gasteiger partial charge in [-0.3, -0.25) is 0 Å². The van der Waals surface area contributed by atoms with Crippen LogP contribution in [-0.2, 0) is 6.42 Å².